The Kier molecular flexibility index (Phi) is 4.83. The van der Waals surface area contributed by atoms with Gasteiger partial charge in [0.2, 0.25) is 0 Å². The molecule has 124 valence electrons. The van der Waals surface area contributed by atoms with Gasteiger partial charge in [0.25, 0.3) is 0 Å². The average Bonchev–Trinajstić information content (AvgIpc) is 2.56. The molecule has 2 heterocycles. The second-order valence-electron chi connectivity index (χ2n) is 6.55. The SMILES string of the molecule is CCc1ccc2oc(=O)cc(CN3CCN(C)C(CC)C3)c2c1. The highest BCUT2D eigenvalue weighted by molar-refractivity contribution is 5.80. The molecule has 1 aliphatic heterocycles. The van der Waals surface area contributed by atoms with Crippen molar-refractivity contribution in [2.75, 3.05) is 26.7 Å². The number of hydrogen-bond donors (Lipinski definition) is 0. The molecule has 1 aromatic heterocycles. The minimum absolute atomic E-state index is 0.252. The second-order valence-corrected chi connectivity index (χ2v) is 6.55. The van der Waals surface area contributed by atoms with Crippen LogP contribution < -0.4 is 5.63 Å². The van der Waals surface area contributed by atoms with E-state index in [0.29, 0.717) is 11.6 Å². The third kappa shape index (κ3) is 3.48. The zero-order valence-corrected chi connectivity index (χ0v) is 14.3. The summed E-state index contributed by atoms with van der Waals surface area (Å²) in [7, 11) is 2.20. The summed E-state index contributed by atoms with van der Waals surface area (Å²) in [5.41, 5.74) is 2.81. The molecular formula is C19H26N2O2. The van der Waals surface area contributed by atoms with Crippen LogP contribution in [0, 0.1) is 0 Å². The number of piperazine rings is 1. The molecule has 0 radical (unpaired) electrons. The van der Waals surface area contributed by atoms with E-state index in [0.717, 1.165) is 50.0 Å². The van der Waals surface area contributed by atoms with Crippen LogP contribution in [0.25, 0.3) is 11.0 Å². The van der Waals surface area contributed by atoms with Crippen molar-refractivity contribution in [3.05, 3.63) is 45.8 Å². The van der Waals surface area contributed by atoms with Gasteiger partial charge in [-0.05, 0) is 43.1 Å². The number of rotatable bonds is 4. The molecule has 1 aliphatic rings. The quantitative estimate of drug-likeness (QED) is 0.813. The summed E-state index contributed by atoms with van der Waals surface area (Å²) >= 11 is 0. The summed E-state index contributed by atoms with van der Waals surface area (Å²) < 4.78 is 5.37. The summed E-state index contributed by atoms with van der Waals surface area (Å²) in [6.07, 6.45) is 2.14. The number of aryl methyl sites for hydroxylation is 1. The van der Waals surface area contributed by atoms with Crippen LogP contribution in [0.3, 0.4) is 0 Å². The van der Waals surface area contributed by atoms with E-state index < -0.39 is 0 Å². The molecule has 0 amide bonds. The molecule has 0 N–H and O–H groups in total. The third-order valence-corrected chi connectivity index (χ3v) is 5.03. The minimum atomic E-state index is -0.252. The average molecular weight is 314 g/mol. The maximum absolute atomic E-state index is 11.9. The van der Waals surface area contributed by atoms with Crippen molar-refractivity contribution < 1.29 is 4.42 Å². The van der Waals surface area contributed by atoms with Crippen LogP contribution in [0.5, 0.6) is 0 Å². The van der Waals surface area contributed by atoms with Crippen molar-refractivity contribution in [2.45, 2.75) is 39.3 Å². The van der Waals surface area contributed by atoms with E-state index in [4.69, 9.17) is 4.42 Å². The molecule has 3 rings (SSSR count). The lowest BCUT2D eigenvalue weighted by atomic mass is 10.0. The van der Waals surface area contributed by atoms with E-state index in [-0.39, 0.29) is 5.63 Å². The smallest absolute Gasteiger partial charge is 0.336 e. The van der Waals surface area contributed by atoms with E-state index in [1.54, 1.807) is 6.07 Å². The fourth-order valence-electron chi connectivity index (χ4n) is 3.46. The van der Waals surface area contributed by atoms with Gasteiger partial charge in [0.15, 0.2) is 0 Å². The topological polar surface area (TPSA) is 36.7 Å². The Morgan fingerprint density at radius 1 is 1.22 bits per heavy atom. The molecule has 1 atom stereocenters. The first kappa shape index (κ1) is 16.2. The van der Waals surface area contributed by atoms with Crippen molar-refractivity contribution in [3.63, 3.8) is 0 Å². The van der Waals surface area contributed by atoms with Gasteiger partial charge in [-0.1, -0.05) is 19.9 Å². The van der Waals surface area contributed by atoms with E-state index in [2.05, 4.69) is 36.8 Å². The first-order chi connectivity index (χ1) is 11.1. The predicted octanol–water partition coefficient (Wildman–Crippen LogP) is 2.88. The highest BCUT2D eigenvalue weighted by Gasteiger charge is 2.23. The molecule has 0 saturated carbocycles. The first-order valence-corrected chi connectivity index (χ1v) is 8.59. The van der Waals surface area contributed by atoms with E-state index in [9.17, 15) is 4.79 Å². The second kappa shape index (κ2) is 6.85. The maximum atomic E-state index is 11.9. The fourth-order valence-corrected chi connectivity index (χ4v) is 3.46. The van der Waals surface area contributed by atoms with Crippen molar-refractivity contribution in [3.8, 4) is 0 Å². The van der Waals surface area contributed by atoms with Gasteiger partial charge in [0, 0.05) is 43.7 Å². The summed E-state index contributed by atoms with van der Waals surface area (Å²) in [5.74, 6) is 0. The zero-order valence-electron chi connectivity index (χ0n) is 14.3. The normalized spacial score (nSPS) is 20.2. The summed E-state index contributed by atoms with van der Waals surface area (Å²) in [6, 6.07) is 8.40. The number of fused-ring (bicyclic) bond motifs is 1. The van der Waals surface area contributed by atoms with Crippen LogP contribution in [0.15, 0.2) is 33.5 Å². The van der Waals surface area contributed by atoms with Gasteiger partial charge in [0.05, 0.1) is 0 Å². The molecule has 1 aromatic carbocycles. The number of nitrogens with zero attached hydrogens (tertiary/aromatic N) is 2. The van der Waals surface area contributed by atoms with Crippen LogP contribution in [0.2, 0.25) is 0 Å². The molecule has 0 aliphatic carbocycles. The molecular weight excluding hydrogens is 288 g/mol. The van der Waals surface area contributed by atoms with E-state index in [1.165, 1.54) is 5.56 Å². The molecule has 4 heteroatoms. The monoisotopic (exact) mass is 314 g/mol. The Hall–Kier alpha value is -1.65. The highest BCUT2D eigenvalue weighted by atomic mass is 16.4. The molecule has 4 nitrogen and oxygen atoms in total. The van der Waals surface area contributed by atoms with Gasteiger partial charge in [-0.25, -0.2) is 4.79 Å². The summed E-state index contributed by atoms with van der Waals surface area (Å²) in [4.78, 5) is 16.8. The largest absolute Gasteiger partial charge is 0.423 e. The molecule has 1 saturated heterocycles. The Balaban J connectivity index is 1.91. The molecule has 1 fully saturated rings. The standard InChI is InChI=1S/C19H26N2O2/c1-4-14-6-7-18-17(10-14)15(11-19(22)23-18)12-21-9-8-20(3)16(5-2)13-21/h6-7,10-11,16H,4-5,8-9,12-13H2,1-3H3. The van der Waals surface area contributed by atoms with Gasteiger partial charge < -0.3 is 9.32 Å². The maximum Gasteiger partial charge on any atom is 0.336 e. The van der Waals surface area contributed by atoms with E-state index in [1.807, 2.05) is 12.1 Å². The van der Waals surface area contributed by atoms with Gasteiger partial charge in [0.1, 0.15) is 5.58 Å². The lowest BCUT2D eigenvalue weighted by molar-refractivity contribution is 0.0885. The van der Waals surface area contributed by atoms with Crippen LogP contribution in [0.4, 0.5) is 0 Å². The van der Waals surface area contributed by atoms with Gasteiger partial charge >= 0.3 is 5.63 Å². The molecule has 1 unspecified atom stereocenters. The van der Waals surface area contributed by atoms with Crippen LogP contribution >= 0.6 is 0 Å². The Morgan fingerprint density at radius 3 is 2.78 bits per heavy atom. The van der Waals surface area contributed by atoms with Crippen LogP contribution in [-0.2, 0) is 13.0 Å². The third-order valence-electron chi connectivity index (χ3n) is 5.03. The molecule has 2 aromatic rings. The fraction of sp³-hybridized carbons (Fsp3) is 0.526. The summed E-state index contributed by atoms with van der Waals surface area (Å²) in [5, 5.41) is 1.08. The van der Waals surface area contributed by atoms with Crippen molar-refractivity contribution in [2.24, 2.45) is 0 Å². The van der Waals surface area contributed by atoms with Crippen molar-refractivity contribution in [1.82, 2.24) is 9.80 Å². The number of benzene rings is 1. The minimum Gasteiger partial charge on any atom is -0.423 e. The Morgan fingerprint density at radius 2 is 2.04 bits per heavy atom. The number of hydrogen-bond acceptors (Lipinski definition) is 4. The van der Waals surface area contributed by atoms with Gasteiger partial charge in [-0.3, -0.25) is 4.90 Å². The summed E-state index contributed by atoms with van der Waals surface area (Å²) in [6.45, 7) is 8.39. The lowest BCUT2D eigenvalue weighted by Gasteiger charge is -2.39. The van der Waals surface area contributed by atoms with Crippen LogP contribution in [0.1, 0.15) is 31.4 Å². The van der Waals surface area contributed by atoms with Gasteiger partial charge in [-0.2, -0.15) is 0 Å². The lowest BCUT2D eigenvalue weighted by Crippen LogP contribution is -2.50. The number of likely N-dealkylation sites (N-methyl/N-ethyl adjacent to an activating group) is 1. The van der Waals surface area contributed by atoms with Gasteiger partial charge in [-0.15, -0.1) is 0 Å². The zero-order chi connectivity index (χ0) is 16.4. The van der Waals surface area contributed by atoms with Crippen molar-refractivity contribution >= 4 is 11.0 Å². The predicted molar refractivity (Wildman–Crippen MR) is 93.8 cm³/mol. The highest BCUT2D eigenvalue weighted by Crippen LogP contribution is 2.22. The molecule has 0 spiro atoms. The molecule has 23 heavy (non-hydrogen) atoms. The van der Waals surface area contributed by atoms with Crippen molar-refractivity contribution in [1.29, 1.82) is 0 Å². The van der Waals surface area contributed by atoms with E-state index >= 15 is 0 Å². The van der Waals surface area contributed by atoms with Crippen LogP contribution in [-0.4, -0.2) is 42.5 Å². The molecule has 0 bridgehead atoms. The first-order valence-electron chi connectivity index (χ1n) is 8.59. The Bertz CT molecular complexity index is 738. The Labute approximate surface area is 137 Å².